The lowest BCUT2D eigenvalue weighted by atomic mass is 10.1. The van der Waals surface area contributed by atoms with Crippen molar-refractivity contribution in [3.05, 3.63) is 66.2 Å². The van der Waals surface area contributed by atoms with Gasteiger partial charge in [-0.3, -0.25) is 9.89 Å². The monoisotopic (exact) mass is 306 g/mol. The van der Waals surface area contributed by atoms with Crippen molar-refractivity contribution in [2.75, 3.05) is 0 Å². The van der Waals surface area contributed by atoms with Crippen molar-refractivity contribution < 1.29 is 9.21 Å². The average Bonchev–Trinajstić information content (AvgIpc) is 3.32. The molecule has 6 nitrogen and oxygen atoms in total. The molecule has 4 aromatic rings. The SMILES string of the molecule is O=C(NCc1ccco1)c1cccc2[nH]c(-c3ccn[nH]3)cc12. The Balaban J connectivity index is 1.65. The summed E-state index contributed by atoms with van der Waals surface area (Å²) >= 11 is 0. The molecule has 1 amide bonds. The summed E-state index contributed by atoms with van der Waals surface area (Å²) in [5.74, 6) is 0.583. The Morgan fingerprint density at radius 3 is 2.91 bits per heavy atom. The molecule has 0 radical (unpaired) electrons. The van der Waals surface area contributed by atoms with E-state index in [-0.39, 0.29) is 5.91 Å². The molecule has 0 aliphatic heterocycles. The highest BCUT2D eigenvalue weighted by Gasteiger charge is 2.13. The van der Waals surface area contributed by atoms with E-state index in [1.807, 2.05) is 36.4 Å². The molecule has 4 rings (SSSR count). The van der Waals surface area contributed by atoms with Crippen LogP contribution < -0.4 is 5.32 Å². The maximum absolute atomic E-state index is 12.5. The Morgan fingerprint density at radius 2 is 2.13 bits per heavy atom. The fourth-order valence-corrected chi connectivity index (χ4v) is 2.58. The van der Waals surface area contributed by atoms with E-state index in [0.29, 0.717) is 12.1 Å². The first-order valence-electron chi connectivity index (χ1n) is 7.23. The van der Waals surface area contributed by atoms with Gasteiger partial charge in [0.2, 0.25) is 0 Å². The minimum absolute atomic E-state index is 0.137. The van der Waals surface area contributed by atoms with Crippen LogP contribution >= 0.6 is 0 Å². The summed E-state index contributed by atoms with van der Waals surface area (Å²) in [5, 5.41) is 10.6. The van der Waals surface area contributed by atoms with Crippen LogP contribution in [0.5, 0.6) is 0 Å². The molecular weight excluding hydrogens is 292 g/mol. The van der Waals surface area contributed by atoms with Crippen molar-refractivity contribution in [1.82, 2.24) is 20.5 Å². The third kappa shape index (κ3) is 2.50. The Hall–Kier alpha value is -3.28. The van der Waals surface area contributed by atoms with Gasteiger partial charge in [-0.05, 0) is 36.4 Å². The average molecular weight is 306 g/mol. The van der Waals surface area contributed by atoms with Crippen molar-refractivity contribution >= 4 is 16.8 Å². The standard InChI is InChI=1S/C17H14N4O2/c22-17(18-10-11-3-2-8-23-11)12-4-1-5-14-13(12)9-16(20-14)15-6-7-19-21-15/h1-9,20H,10H2,(H,18,22)(H,19,21). The lowest BCUT2D eigenvalue weighted by Crippen LogP contribution is -2.22. The Bertz CT molecular complexity index is 936. The molecule has 0 aliphatic carbocycles. The molecule has 114 valence electrons. The second-order valence-corrected chi connectivity index (χ2v) is 5.18. The normalized spacial score (nSPS) is 11.0. The van der Waals surface area contributed by atoms with E-state index >= 15 is 0 Å². The molecule has 3 N–H and O–H groups in total. The summed E-state index contributed by atoms with van der Waals surface area (Å²) in [7, 11) is 0. The van der Waals surface area contributed by atoms with E-state index in [1.54, 1.807) is 18.5 Å². The molecule has 0 spiro atoms. The molecule has 23 heavy (non-hydrogen) atoms. The van der Waals surface area contributed by atoms with Crippen LogP contribution in [0.1, 0.15) is 16.1 Å². The first-order chi connectivity index (χ1) is 11.3. The van der Waals surface area contributed by atoms with E-state index < -0.39 is 0 Å². The van der Waals surface area contributed by atoms with Crippen molar-refractivity contribution in [2.45, 2.75) is 6.54 Å². The van der Waals surface area contributed by atoms with Gasteiger partial charge in [-0.25, -0.2) is 0 Å². The second-order valence-electron chi connectivity index (χ2n) is 5.18. The first kappa shape index (κ1) is 13.4. The van der Waals surface area contributed by atoms with Gasteiger partial charge < -0.3 is 14.7 Å². The van der Waals surface area contributed by atoms with E-state index in [0.717, 1.165) is 28.1 Å². The predicted octanol–water partition coefficient (Wildman–Crippen LogP) is 3.08. The number of aromatic amines is 2. The molecule has 0 bridgehead atoms. The highest BCUT2D eigenvalue weighted by molar-refractivity contribution is 6.07. The molecule has 0 unspecified atom stereocenters. The summed E-state index contributed by atoms with van der Waals surface area (Å²) in [5.41, 5.74) is 3.29. The van der Waals surface area contributed by atoms with Gasteiger partial charge in [-0.15, -0.1) is 0 Å². The molecule has 6 heteroatoms. The number of nitrogens with zero attached hydrogens (tertiary/aromatic N) is 1. The van der Waals surface area contributed by atoms with Crippen molar-refractivity contribution in [2.24, 2.45) is 0 Å². The van der Waals surface area contributed by atoms with Crippen molar-refractivity contribution in [3.8, 4) is 11.4 Å². The molecule has 1 aromatic carbocycles. The molecule has 0 fully saturated rings. The summed E-state index contributed by atoms with van der Waals surface area (Å²) in [6.45, 7) is 0.361. The van der Waals surface area contributed by atoms with Gasteiger partial charge in [-0.2, -0.15) is 5.10 Å². The third-order valence-corrected chi connectivity index (χ3v) is 3.70. The number of rotatable bonds is 4. The number of carbonyl (C=O) groups excluding carboxylic acids is 1. The van der Waals surface area contributed by atoms with Gasteiger partial charge in [0.1, 0.15) is 5.76 Å². The van der Waals surface area contributed by atoms with Gasteiger partial charge in [0.25, 0.3) is 5.91 Å². The number of amides is 1. The number of H-pyrrole nitrogens is 2. The number of benzene rings is 1. The third-order valence-electron chi connectivity index (χ3n) is 3.70. The van der Waals surface area contributed by atoms with Gasteiger partial charge in [0, 0.05) is 22.7 Å². The Labute approximate surface area is 131 Å². The highest BCUT2D eigenvalue weighted by Crippen LogP contribution is 2.25. The van der Waals surface area contributed by atoms with Crippen LogP contribution in [0.4, 0.5) is 0 Å². The molecule has 0 saturated heterocycles. The minimum Gasteiger partial charge on any atom is -0.467 e. The zero-order chi connectivity index (χ0) is 15.6. The minimum atomic E-state index is -0.137. The number of hydrogen-bond acceptors (Lipinski definition) is 3. The van der Waals surface area contributed by atoms with E-state index in [1.165, 1.54) is 0 Å². The fraction of sp³-hybridized carbons (Fsp3) is 0.0588. The number of furan rings is 1. The van der Waals surface area contributed by atoms with Crippen molar-refractivity contribution in [1.29, 1.82) is 0 Å². The quantitative estimate of drug-likeness (QED) is 0.541. The van der Waals surface area contributed by atoms with Crippen molar-refractivity contribution in [3.63, 3.8) is 0 Å². The Kier molecular flexibility index (Phi) is 3.20. The molecule has 0 atom stereocenters. The van der Waals surface area contributed by atoms with Gasteiger partial charge in [0.05, 0.1) is 24.2 Å². The number of hydrogen-bond donors (Lipinski definition) is 3. The van der Waals surface area contributed by atoms with Crippen LogP contribution in [0.25, 0.3) is 22.3 Å². The summed E-state index contributed by atoms with van der Waals surface area (Å²) < 4.78 is 5.23. The zero-order valence-corrected chi connectivity index (χ0v) is 12.2. The largest absolute Gasteiger partial charge is 0.467 e. The van der Waals surface area contributed by atoms with Gasteiger partial charge in [-0.1, -0.05) is 6.07 Å². The topological polar surface area (TPSA) is 86.7 Å². The van der Waals surface area contributed by atoms with E-state index in [4.69, 9.17) is 4.42 Å². The smallest absolute Gasteiger partial charge is 0.252 e. The van der Waals surface area contributed by atoms with E-state index in [9.17, 15) is 4.79 Å². The van der Waals surface area contributed by atoms with Crippen LogP contribution in [-0.4, -0.2) is 21.1 Å². The van der Waals surface area contributed by atoms with Crippen LogP contribution in [0.3, 0.4) is 0 Å². The number of fused-ring (bicyclic) bond motifs is 1. The first-order valence-corrected chi connectivity index (χ1v) is 7.23. The number of nitrogens with one attached hydrogen (secondary N) is 3. The lowest BCUT2D eigenvalue weighted by molar-refractivity contribution is 0.0949. The number of carbonyl (C=O) groups is 1. The second kappa shape index (κ2) is 5.49. The summed E-state index contributed by atoms with van der Waals surface area (Å²) in [6, 6.07) is 13.1. The molecule has 0 aliphatic rings. The van der Waals surface area contributed by atoms with Gasteiger partial charge in [0.15, 0.2) is 0 Å². The van der Waals surface area contributed by atoms with Crippen LogP contribution in [0, 0.1) is 0 Å². The fourth-order valence-electron chi connectivity index (χ4n) is 2.58. The Morgan fingerprint density at radius 1 is 1.17 bits per heavy atom. The van der Waals surface area contributed by atoms with Gasteiger partial charge >= 0.3 is 0 Å². The molecular formula is C17H14N4O2. The maximum Gasteiger partial charge on any atom is 0.252 e. The summed E-state index contributed by atoms with van der Waals surface area (Å²) in [4.78, 5) is 15.8. The molecule has 3 aromatic heterocycles. The molecule has 0 saturated carbocycles. The van der Waals surface area contributed by atoms with E-state index in [2.05, 4.69) is 20.5 Å². The zero-order valence-electron chi connectivity index (χ0n) is 12.2. The molecule has 3 heterocycles. The number of aromatic nitrogens is 3. The highest BCUT2D eigenvalue weighted by atomic mass is 16.3. The maximum atomic E-state index is 12.5. The summed E-state index contributed by atoms with van der Waals surface area (Å²) in [6.07, 6.45) is 3.28. The lowest BCUT2D eigenvalue weighted by Gasteiger charge is -2.04. The van der Waals surface area contributed by atoms with Crippen LogP contribution in [0.2, 0.25) is 0 Å². The van der Waals surface area contributed by atoms with Crippen LogP contribution in [0.15, 0.2) is 59.3 Å². The predicted molar refractivity (Wildman–Crippen MR) is 85.8 cm³/mol. The van der Waals surface area contributed by atoms with Crippen LogP contribution in [-0.2, 0) is 6.54 Å².